The number of aryl methyl sites for hydroxylation is 2. The highest BCUT2D eigenvalue weighted by Gasteiger charge is 2.30. The molecule has 1 aromatic rings. The molecule has 100 valence electrons. The third-order valence-electron chi connectivity index (χ3n) is 2.52. The highest BCUT2D eigenvalue weighted by atomic mass is 16.4. The number of aliphatic hydroxyl groups is 2. The van der Waals surface area contributed by atoms with E-state index in [4.69, 9.17) is 10.2 Å². The number of nitrogens with zero attached hydrogens (tertiary/aromatic N) is 2. The van der Waals surface area contributed by atoms with E-state index in [-0.39, 0.29) is 17.0 Å². The van der Waals surface area contributed by atoms with Gasteiger partial charge in [-0.25, -0.2) is 4.79 Å². The molecule has 8 nitrogen and oxygen atoms in total. The molecule has 0 radical (unpaired) electrons. The first-order valence-electron chi connectivity index (χ1n) is 5.10. The van der Waals surface area contributed by atoms with E-state index in [1.807, 2.05) is 0 Å². The Morgan fingerprint density at radius 2 is 1.89 bits per heavy atom. The van der Waals surface area contributed by atoms with Gasteiger partial charge in [-0.2, -0.15) is 5.10 Å². The summed E-state index contributed by atoms with van der Waals surface area (Å²) in [6, 6.07) is 0. The Morgan fingerprint density at radius 3 is 2.33 bits per heavy atom. The van der Waals surface area contributed by atoms with Crippen LogP contribution in [0.4, 0.5) is 0 Å². The van der Waals surface area contributed by atoms with Crippen molar-refractivity contribution < 1.29 is 30.0 Å². The lowest BCUT2D eigenvalue weighted by Gasteiger charge is -2.16. The first-order valence-corrected chi connectivity index (χ1v) is 5.10. The molecule has 0 amide bonds. The van der Waals surface area contributed by atoms with Gasteiger partial charge < -0.3 is 20.4 Å². The van der Waals surface area contributed by atoms with E-state index in [2.05, 4.69) is 5.10 Å². The Hall–Kier alpha value is -1.93. The molecule has 0 aromatic carbocycles. The molecule has 0 saturated heterocycles. The average Bonchev–Trinajstić information content (AvgIpc) is 2.51. The van der Waals surface area contributed by atoms with Crippen molar-refractivity contribution in [1.29, 1.82) is 0 Å². The molecule has 0 aliphatic heterocycles. The Bertz CT molecular complexity index is 481. The van der Waals surface area contributed by atoms with Crippen molar-refractivity contribution in [3.05, 3.63) is 17.0 Å². The number of aliphatic hydroxyl groups excluding tert-OH is 2. The average molecular weight is 258 g/mol. The second-order valence-electron chi connectivity index (χ2n) is 3.89. The van der Waals surface area contributed by atoms with E-state index in [1.165, 1.54) is 14.0 Å². The molecule has 0 saturated carbocycles. The number of carboxylic acid groups (broad SMARTS) is 2. The van der Waals surface area contributed by atoms with E-state index >= 15 is 0 Å². The van der Waals surface area contributed by atoms with Crippen LogP contribution in [-0.2, 0) is 11.8 Å². The standard InChI is InChI=1S/C10H14N2O6/c1-4-7(8(10(17)18)12(2)11-4)9(16)5(13)3-6(14)15/h5,9,13,16H,3H2,1-2H3,(H,14,15)(H,17,18). The summed E-state index contributed by atoms with van der Waals surface area (Å²) in [7, 11) is 1.39. The summed E-state index contributed by atoms with van der Waals surface area (Å²) in [5.41, 5.74) is -0.116. The first kappa shape index (κ1) is 14.1. The number of carbonyl (C=O) groups is 2. The van der Waals surface area contributed by atoms with E-state index in [9.17, 15) is 19.8 Å². The fraction of sp³-hybridized carbons (Fsp3) is 0.500. The smallest absolute Gasteiger partial charge is 0.354 e. The molecule has 0 spiro atoms. The largest absolute Gasteiger partial charge is 0.481 e. The minimum atomic E-state index is -1.61. The summed E-state index contributed by atoms with van der Waals surface area (Å²) in [5, 5.41) is 40.7. The number of aliphatic carboxylic acids is 1. The topological polar surface area (TPSA) is 133 Å². The maximum atomic E-state index is 11.0. The zero-order chi connectivity index (χ0) is 14.0. The van der Waals surface area contributed by atoms with Gasteiger partial charge in [0.2, 0.25) is 0 Å². The Labute approximate surface area is 102 Å². The molecule has 0 aliphatic rings. The normalized spacial score (nSPS) is 14.2. The van der Waals surface area contributed by atoms with Gasteiger partial charge in [0.25, 0.3) is 0 Å². The van der Waals surface area contributed by atoms with Crippen molar-refractivity contribution in [3.63, 3.8) is 0 Å². The van der Waals surface area contributed by atoms with Crippen LogP contribution in [0.3, 0.4) is 0 Å². The molecule has 18 heavy (non-hydrogen) atoms. The van der Waals surface area contributed by atoms with Gasteiger partial charge in [-0.15, -0.1) is 0 Å². The maximum Gasteiger partial charge on any atom is 0.354 e. The summed E-state index contributed by atoms with van der Waals surface area (Å²) in [6.07, 6.45) is -3.89. The SMILES string of the molecule is Cc1nn(C)c(C(=O)O)c1C(O)C(O)CC(=O)O. The van der Waals surface area contributed by atoms with Crippen molar-refractivity contribution in [2.45, 2.75) is 25.6 Å². The lowest BCUT2D eigenvalue weighted by Crippen LogP contribution is -2.24. The minimum absolute atomic E-state index is 0.0706. The molecule has 1 heterocycles. The lowest BCUT2D eigenvalue weighted by molar-refractivity contribution is -0.141. The minimum Gasteiger partial charge on any atom is -0.481 e. The predicted octanol–water partition coefficient (Wildman–Crippen LogP) is -0.704. The number of rotatable bonds is 5. The molecule has 2 atom stereocenters. The summed E-state index contributed by atoms with van der Waals surface area (Å²) in [6.45, 7) is 1.47. The molecule has 2 unspecified atom stereocenters. The van der Waals surface area contributed by atoms with Crippen molar-refractivity contribution >= 4 is 11.9 Å². The van der Waals surface area contributed by atoms with Crippen molar-refractivity contribution in [3.8, 4) is 0 Å². The van der Waals surface area contributed by atoms with Crippen molar-refractivity contribution in [2.75, 3.05) is 0 Å². The van der Waals surface area contributed by atoms with E-state index in [1.54, 1.807) is 0 Å². The third-order valence-corrected chi connectivity index (χ3v) is 2.52. The van der Waals surface area contributed by atoms with Gasteiger partial charge in [-0.1, -0.05) is 0 Å². The third kappa shape index (κ3) is 2.66. The monoisotopic (exact) mass is 258 g/mol. The van der Waals surface area contributed by atoms with Crippen LogP contribution in [0.1, 0.15) is 34.3 Å². The van der Waals surface area contributed by atoms with Crippen LogP contribution < -0.4 is 0 Å². The highest BCUT2D eigenvalue weighted by molar-refractivity contribution is 5.88. The van der Waals surface area contributed by atoms with Crippen LogP contribution in [0.25, 0.3) is 0 Å². The number of aromatic carboxylic acids is 1. The molecule has 4 N–H and O–H groups in total. The van der Waals surface area contributed by atoms with Crippen LogP contribution in [0.15, 0.2) is 0 Å². The second kappa shape index (κ2) is 5.15. The van der Waals surface area contributed by atoms with Gasteiger partial charge in [-0.3, -0.25) is 9.48 Å². The van der Waals surface area contributed by atoms with E-state index < -0.39 is 30.6 Å². The summed E-state index contributed by atoms with van der Waals surface area (Å²) < 4.78 is 1.06. The van der Waals surface area contributed by atoms with Gasteiger partial charge in [0.15, 0.2) is 5.69 Å². The van der Waals surface area contributed by atoms with Crippen LogP contribution in [0.5, 0.6) is 0 Å². The first-order chi connectivity index (χ1) is 8.25. The zero-order valence-corrected chi connectivity index (χ0v) is 9.86. The van der Waals surface area contributed by atoms with Gasteiger partial charge in [0.05, 0.1) is 18.2 Å². The van der Waals surface area contributed by atoms with Crippen LogP contribution in [0, 0.1) is 6.92 Å². The van der Waals surface area contributed by atoms with Gasteiger partial charge in [-0.05, 0) is 6.92 Å². The fourth-order valence-electron chi connectivity index (χ4n) is 1.77. The van der Waals surface area contributed by atoms with Gasteiger partial charge in [0.1, 0.15) is 6.10 Å². The van der Waals surface area contributed by atoms with Crippen LogP contribution >= 0.6 is 0 Å². The number of hydrogen-bond acceptors (Lipinski definition) is 5. The maximum absolute atomic E-state index is 11.0. The molecular weight excluding hydrogens is 244 g/mol. The second-order valence-corrected chi connectivity index (χ2v) is 3.89. The summed E-state index contributed by atoms with van der Waals surface area (Å²) >= 11 is 0. The van der Waals surface area contributed by atoms with Crippen LogP contribution in [-0.4, -0.2) is 48.2 Å². The predicted molar refractivity (Wildman–Crippen MR) is 58.1 cm³/mol. The van der Waals surface area contributed by atoms with Crippen molar-refractivity contribution in [2.24, 2.45) is 7.05 Å². The Balaban J connectivity index is 3.16. The summed E-state index contributed by atoms with van der Waals surface area (Å²) in [4.78, 5) is 21.5. The molecule has 0 bridgehead atoms. The number of hydrogen-bond donors (Lipinski definition) is 4. The van der Waals surface area contributed by atoms with Gasteiger partial charge >= 0.3 is 11.9 Å². The van der Waals surface area contributed by atoms with E-state index in [0.29, 0.717) is 0 Å². The lowest BCUT2D eigenvalue weighted by atomic mass is 10.00. The van der Waals surface area contributed by atoms with Gasteiger partial charge in [0, 0.05) is 12.6 Å². The molecule has 1 rings (SSSR count). The quantitative estimate of drug-likeness (QED) is 0.548. The Morgan fingerprint density at radius 1 is 1.33 bits per heavy atom. The summed E-state index contributed by atoms with van der Waals surface area (Å²) in [5.74, 6) is -2.60. The molecule has 0 fully saturated rings. The Kier molecular flexibility index (Phi) is 4.04. The molecular formula is C10H14N2O6. The fourth-order valence-corrected chi connectivity index (χ4v) is 1.77. The zero-order valence-electron chi connectivity index (χ0n) is 9.86. The molecule has 8 heteroatoms. The number of carboxylic acids is 2. The molecule has 1 aromatic heterocycles. The highest BCUT2D eigenvalue weighted by Crippen LogP contribution is 2.25. The van der Waals surface area contributed by atoms with E-state index in [0.717, 1.165) is 4.68 Å². The van der Waals surface area contributed by atoms with Crippen LogP contribution in [0.2, 0.25) is 0 Å². The van der Waals surface area contributed by atoms with Crippen molar-refractivity contribution in [1.82, 2.24) is 9.78 Å². The number of aromatic nitrogens is 2. The molecule has 0 aliphatic carbocycles.